The summed E-state index contributed by atoms with van der Waals surface area (Å²) in [7, 11) is 0. The van der Waals surface area contributed by atoms with Crippen LogP contribution in [-0.2, 0) is 19.1 Å². The molecule has 0 spiro atoms. The highest BCUT2D eigenvalue weighted by Crippen LogP contribution is 1.92. The normalized spacial score (nSPS) is 10.8. The van der Waals surface area contributed by atoms with Gasteiger partial charge in [-0.2, -0.15) is 0 Å². The van der Waals surface area contributed by atoms with E-state index >= 15 is 0 Å². The van der Waals surface area contributed by atoms with Crippen molar-refractivity contribution < 1.29 is 29.3 Å². The second-order valence-corrected chi connectivity index (χ2v) is 3.52. The number of carboxylic acid groups (broad SMARTS) is 2. The summed E-state index contributed by atoms with van der Waals surface area (Å²) in [5.41, 5.74) is 5.08. The Balaban J connectivity index is 0. The zero-order chi connectivity index (χ0) is 14.6. The van der Waals surface area contributed by atoms with Gasteiger partial charge < -0.3 is 20.7 Å². The molecule has 0 amide bonds. The van der Waals surface area contributed by atoms with E-state index in [1.54, 1.807) is 0 Å². The lowest BCUT2D eigenvalue weighted by Crippen LogP contribution is -2.35. The van der Waals surface area contributed by atoms with E-state index in [9.17, 15) is 14.4 Å². The number of carboxylic acids is 2. The molecule has 0 aromatic rings. The maximum atomic E-state index is 10.7. The molecule has 7 heteroatoms. The molecule has 7 nitrogen and oxygen atoms in total. The fourth-order valence-corrected chi connectivity index (χ4v) is 0.744. The third-order valence-electron chi connectivity index (χ3n) is 1.66. The first kappa shape index (κ1) is 18.7. The minimum Gasteiger partial charge on any atom is -0.481 e. The summed E-state index contributed by atoms with van der Waals surface area (Å²) in [6.07, 6.45) is 2.00. The number of hydrogen-bond donors (Lipinski definition) is 3. The molecule has 0 aliphatic heterocycles. The van der Waals surface area contributed by atoms with Crippen molar-refractivity contribution >= 4 is 17.9 Å². The Kier molecular flexibility index (Phi) is 12.3. The summed E-state index contributed by atoms with van der Waals surface area (Å²) in [6.45, 7) is 3.42. The predicted molar refractivity (Wildman–Crippen MR) is 64.0 cm³/mol. The van der Waals surface area contributed by atoms with Crippen molar-refractivity contribution in [2.75, 3.05) is 6.61 Å². The summed E-state index contributed by atoms with van der Waals surface area (Å²) in [4.78, 5) is 30.5. The van der Waals surface area contributed by atoms with Crippen LogP contribution in [0.1, 0.15) is 39.5 Å². The highest BCUT2D eigenvalue weighted by atomic mass is 16.5. The molecule has 106 valence electrons. The minimum absolute atomic E-state index is 0.256. The van der Waals surface area contributed by atoms with Crippen LogP contribution in [0.2, 0.25) is 0 Å². The summed E-state index contributed by atoms with van der Waals surface area (Å²) >= 11 is 0. The Labute approximate surface area is 106 Å². The first-order chi connectivity index (χ1) is 8.34. The number of ether oxygens (including phenoxy) is 1. The van der Waals surface area contributed by atoms with Crippen LogP contribution in [0, 0.1) is 0 Å². The van der Waals surface area contributed by atoms with Crippen molar-refractivity contribution in [3.63, 3.8) is 0 Å². The maximum Gasteiger partial charge on any atom is 0.324 e. The van der Waals surface area contributed by atoms with Gasteiger partial charge in [-0.1, -0.05) is 13.8 Å². The monoisotopic (exact) mass is 263 g/mol. The topological polar surface area (TPSA) is 127 Å². The molecule has 18 heavy (non-hydrogen) atoms. The van der Waals surface area contributed by atoms with Gasteiger partial charge in [0.25, 0.3) is 0 Å². The van der Waals surface area contributed by atoms with E-state index in [0.717, 1.165) is 6.42 Å². The highest BCUT2D eigenvalue weighted by molar-refractivity contribution is 5.74. The van der Waals surface area contributed by atoms with E-state index in [1.165, 1.54) is 0 Å². The van der Waals surface area contributed by atoms with Crippen LogP contribution >= 0.6 is 0 Å². The van der Waals surface area contributed by atoms with Gasteiger partial charge in [0.2, 0.25) is 0 Å². The number of carbonyl (C=O) groups is 3. The lowest BCUT2D eigenvalue weighted by Gasteiger charge is -2.06. The van der Waals surface area contributed by atoms with Crippen LogP contribution in [0.25, 0.3) is 0 Å². The van der Waals surface area contributed by atoms with Crippen molar-refractivity contribution in [1.29, 1.82) is 0 Å². The van der Waals surface area contributed by atoms with E-state index in [0.29, 0.717) is 19.3 Å². The minimum atomic E-state index is -1.17. The number of hydrogen-bond acceptors (Lipinski definition) is 5. The third kappa shape index (κ3) is 14.4. The average Bonchev–Trinajstić information content (AvgIpc) is 2.26. The number of carbonyl (C=O) groups excluding carboxylic acids is 1. The van der Waals surface area contributed by atoms with Gasteiger partial charge in [0.05, 0.1) is 0 Å². The zero-order valence-electron chi connectivity index (χ0n) is 10.7. The number of esters is 1. The van der Waals surface area contributed by atoms with E-state index in [2.05, 4.69) is 4.74 Å². The maximum absolute atomic E-state index is 10.7. The predicted octanol–water partition coefficient (Wildman–Crippen LogP) is 0.613. The summed E-state index contributed by atoms with van der Waals surface area (Å²) < 4.78 is 4.56. The Morgan fingerprint density at radius 1 is 1.11 bits per heavy atom. The highest BCUT2D eigenvalue weighted by Gasteiger charge is 2.13. The molecule has 0 saturated heterocycles. The molecule has 0 bridgehead atoms. The van der Waals surface area contributed by atoms with Crippen molar-refractivity contribution in [2.24, 2.45) is 5.73 Å². The molecular formula is C11H21NO6. The van der Waals surface area contributed by atoms with Gasteiger partial charge in [-0.3, -0.25) is 14.4 Å². The van der Waals surface area contributed by atoms with Crippen LogP contribution in [0.3, 0.4) is 0 Å². The number of nitrogens with two attached hydrogens (primary N) is 1. The van der Waals surface area contributed by atoms with Gasteiger partial charge in [0, 0.05) is 12.8 Å². The molecule has 0 aliphatic rings. The third-order valence-corrected chi connectivity index (χ3v) is 1.66. The van der Waals surface area contributed by atoms with E-state index in [4.69, 9.17) is 15.9 Å². The van der Waals surface area contributed by atoms with Crippen molar-refractivity contribution in [1.82, 2.24) is 0 Å². The van der Waals surface area contributed by atoms with Gasteiger partial charge in [-0.05, 0) is 12.8 Å². The van der Waals surface area contributed by atoms with Gasteiger partial charge in [0.1, 0.15) is 12.6 Å². The van der Waals surface area contributed by atoms with Gasteiger partial charge in [-0.15, -0.1) is 0 Å². The number of rotatable bonds is 7. The van der Waals surface area contributed by atoms with Crippen LogP contribution in [0.15, 0.2) is 0 Å². The molecule has 0 saturated carbocycles. The van der Waals surface area contributed by atoms with Gasteiger partial charge in [0.15, 0.2) is 0 Å². The van der Waals surface area contributed by atoms with E-state index in [-0.39, 0.29) is 6.61 Å². The Hall–Kier alpha value is -1.63. The van der Waals surface area contributed by atoms with Crippen LogP contribution in [-0.4, -0.2) is 40.8 Å². The molecule has 1 atom stereocenters. The lowest BCUT2D eigenvalue weighted by atomic mass is 10.3. The van der Waals surface area contributed by atoms with Gasteiger partial charge in [-0.25, -0.2) is 0 Å². The standard InChI is InChI=1S/C7H13NO4.C4H8O2/c1-2-3-6(9)12-4-5(8)7(10)11;1-2-3-4(5)6/h5H,2-4,8H2,1H3,(H,10,11);2-3H2,1H3,(H,5,6)/t5-;/m0./s1. The lowest BCUT2D eigenvalue weighted by molar-refractivity contribution is -0.148. The molecular weight excluding hydrogens is 242 g/mol. The van der Waals surface area contributed by atoms with Crippen molar-refractivity contribution in [2.45, 2.75) is 45.6 Å². The van der Waals surface area contributed by atoms with E-state index in [1.807, 2.05) is 13.8 Å². The van der Waals surface area contributed by atoms with Crippen molar-refractivity contribution in [3.8, 4) is 0 Å². The SMILES string of the molecule is CCCC(=O)O.CCCC(=O)OC[C@H](N)C(=O)O. The molecule has 0 unspecified atom stereocenters. The smallest absolute Gasteiger partial charge is 0.324 e. The summed E-state index contributed by atoms with van der Waals surface area (Å²) in [5.74, 6) is -2.29. The largest absolute Gasteiger partial charge is 0.481 e. The summed E-state index contributed by atoms with van der Waals surface area (Å²) in [6, 6.07) is -1.12. The van der Waals surface area contributed by atoms with Gasteiger partial charge >= 0.3 is 17.9 Å². The first-order valence-corrected chi connectivity index (χ1v) is 5.70. The average molecular weight is 263 g/mol. The molecule has 0 rings (SSSR count). The molecule has 4 N–H and O–H groups in total. The van der Waals surface area contributed by atoms with Crippen LogP contribution in [0.5, 0.6) is 0 Å². The second-order valence-electron chi connectivity index (χ2n) is 3.52. The molecule has 0 aromatic carbocycles. The van der Waals surface area contributed by atoms with Crippen molar-refractivity contribution in [3.05, 3.63) is 0 Å². The fourth-order valence-electron chi connectivity index (χ4n) is 0.744. The molecule has 0 radical (unpaired) electrons. The first-order valence-electron chi connectivity index (χ1n) is 5.70. The molecule has 0 fully saturated rings. The number of aliphatic carboxylic acids is 2. The fraction of sp³-hybridized carbons (Fsp3) is 0.727. The van der Waals surface area contributed by atoms with Crippen LogP contribution < -0.4 is 5.73 Å². The summed E-state index contributed by atoms with van der Waals surface area (Å²) in [5, 5.41) is 16.2. The quantitative estimate of drug-likeness (QED) is 0.574. The molecule has 0 aliphatic carbocycles. The Morgan fingerprint density at radius 3 is 1.89 bits per heavy atom. The Morgan fingerprint density at radius 2 is 1.61 bits per heavy atom. The van der Waals surface area contributed by atoms with E-state index < -0.39 is 23.9 Å². The Bertz CT molecular complexity index is 266. The second kappa shape index (κ2) is 11.8. The molecule has 0 heterocycles. The zero-order valence-corrected chi connectivity index (χ0v) is 10.7. The van der Waals surface area contributed by atoms with Crippen LogP contribution in [0.4, 0.5) is 0 Å². The molecule has 0 aromatic heterocycles.